The summed E-state index contributed by atoms with van der Waals surface area (Å²) in [5.41, 5.74) is 1.17. The first-order chi connectivity index (χ1) is 9.83. The third kappa shape index (κ3) is 4.77. The summed E-state index contributed by atoms with van der Waals surface area (Å²) in [6.07, 6.45) is 0. The lowest BCUT2D eigenvalue weighted by atomic mass is 10.4. The molecule has 0 amide bonds. The van der Waals surface area contributed by atoms with Crippen LogP contribution >= 0.6 is 0 Å². The zero-order valence-electron chi connectivity index (χ0n) is 13.4. The van der Waals surface area contributed by atoms with Gasteiger partial charge >= 0.3 is 0 Å². The minimum Gasteiger partial charge on any atom is -0.380 e. The van der Waals surface area contributed by atoms with Crippen LogP contribution in [0.25, 0.3) is 0 Å². The van der Waals surface area contributed by atoms with Crippen LogP contribution in [-0.2, 0) is 21.3 Å². The molecule has 21 heavy (non-hydrogen) atoms. The number of rotatable bonds is 9. The third-order valence-corrected chi connectivity index (χ3v) is 4.93. The lowest BCUT2D eigenvalue weighted by molar-refractivity contribution is 0.133. The quantitative estimate of drug-likeness (QED) is 0.689. The molecule has 122 valence electrons. The zero-order chi connectivity index (χ0) is 16.0. The van der Waals surface area contributed by atoms with E-state index in [0.717, 1.165) is 6.54 Å². The van der Waals surface area contributed by atoms with Gasteiger partial charge in [0.25, 0.3) is 0 Å². The van der Waals surface area contributed by atoms with Crippen molar-refractivity contribution >= 4 is 10.0 Å². The van der Waals surface area contributed by atoms with Gasteiger partial charge in [-0.05, 0) is 34.7 Å². The molecule has 0 saturated heterocycles. The van der Waals surface area contributed by atoms with E-state index in [1.165, 1.54) is 0 Å². The molecule has 0 fully saturated rings. The highest BCUT2D eigenvalue weighted by Gasteiger charge is 2.25. The molecule has 1 rings (SSSR count). The molecule has 1 heterocycles. The molecular weight excluding hydrogens is 292 g/mol. The third-order valence-electron chi connectivity index (χ3n) is 3.09. The first-order valence-corrected chi connectivity index (χ1v) is 8.60. The second-order valence-electron chi connectivity index (χ2n) is 5.01. The first-order valence-electron chi connectivity index (χ1n) is 7.12. The topological polar surface area (TPSA) is 85.2 Å². The van der Waals surface area contributed by atoms with Gasteiger partial charge < -0.3 is 10.1 Å². The maximum absolute atomic E-state index is 12.5. The Bertz CT molecular complexity index is 554. The van der Waals surface area contributed by atoms with Crippen LogP contribution in [0.2, 0.25) is 0 Å². The van der Waals surface area contributed by atoms with Crippen molar-refractivity contribution in [2.75, 3.05) is 26.8 Å². The molecule has 0 spiro atoms. The van der Waals surface area contributed by atoms with Crippen molar-refractivity contribution < 1.29 is 13.2 Å². The minimum atomic E-state index is -3.59. The Morgan fingerprint density at radius 3 is 2.62 bits per heavy atom. The van der Waals surface area contributed by atoms with Crippen molar-refractivity contribution in [2.45, 2.75) is 45.2 Å². The summed E-state index contributed by atoms with van der Waals surface area (Å²) in [4.78, 5) is 0.266. The van der Waals surface area contributed by atoms with Gasteiger partial charge in [0.1, 0.15) is 4.90 Å². The number of hydrogen-bond acceptors (Lipinski definition) is 5. The van der Waals surface area contributed by atoms with Crippen LogP contribution in [0.4, 0.5) is 0 Å². The van der Waals surface area contributed by atoms with Gasteiger partial charge in [0.05, 0.1) is 24.5 Å². The van der Waals surface area contributed by atoms with Crippen molar-refractivity contribution in [3.8, 4) is 0 Å². The van der Waals surface area contributed by atoms with Crippen molar-refractivity contribution in [1.29, 1.82) is 0 Å². The maximum Gasteiger partial charge on any atom is 0.244 e. The molecule has 0 aliphatic rings. The molecule has 8 heteroatoms. The molecular formula is C13H26N4O3S. The normalized spacial score (nSPS) is 13.6. The number of hydrogen-bond donors (Lipinski definition) is 2. The van der Waals surface area contributed by atoms with Crippen molar-refractivity contribution in [1.82, 2.24) is 19.8 Å². The van der Waals surface area contributed by atoms with Gasteiger partial charge in [-0.3, -0.25) is 4.68 Å². The summed E-state index contributed by atoms with van der Waals surface area (Å²) in [6, 6.07) is -0.283. The van der Waals surface area contributed by atoms with E-state index in [2.05, 4.69) is 15.1 Å². The van der Waals surface area contributed by atoms with Crippen LogP contribution in [0.1, 0.15) is 25.2 Å². The molecule has 0 radical (unpaired) electrons. The van der Waals surface area contributed by atoms with E-state index >= 15 is 0 Å². The van der Waals surface area contributed by atoms with E-state index in [-0.39, 0.29) is 10.9 Å². The predicted molar refractivity (Wildman–Crippen MR) is 81.9 cm³/mol. The zero-order valence-corrected chi connectivity index (χ0v) is 14.2. The van der Waals surface area contributed by atoms with Gasteiger partial charge in [-0.1, -0.05) is 0 Å². The standard InChI is InChI=1S/C13H26N4O3S/c1-6-20-9-10(2)16-21(18,19)13-11(3)15-17(12(13)4)8-7-14-5/h10,14,16H,6-9H2,1-5H3. The Morgan fingerprint density at radius 1 is 1.38 bits per heavy atom. The Balaban J connectivity index is 2.95. The van der Waals surface area contributed by atoms with Crippen molar-refractivity contribution in [2.24, 2.45) is 0 Å². The number of nitrogens with one attached hydrogen (secondary N) is 2. The first kappa shape index (κ1) is 18.1. The smallest absolute Gasteiger partial charge is 0.244 e. The Morgan fingerprint density at radius 2 is 2.05 bits per heavy atom. The monoisotopic (exact) mass is 318 g/mol. The minimum absolute atomic E-state index is 0.266. The Kier molecular flexibility index (Phi) is 6.79. The summed E-state index contributed by atoms with van der Waals surface area (Å²) in [7, 11) is -1.74. The molecule has 0 bridgehead atoms. The van der Waals surface area contributed by atoms with Crippen LogP contribution in [-0.4, -0.2) is 51.0 Å². The average molecular weight is 318 g/mol. The summed E-state index contributed by atoms with van der Waals surface area (Å²) in [6.45, 7) is 9.42. The number of aromatic nitrogens is 2. The number of aryl methyl sites for hydroxylation is 1. The lowest BCUT2D eigenvalue weighted by Crippen LogP contribution is -2.36. The second kappa shape index (κ2) is 7.88. The fourth-order valence-corrected chi connectivity index (χ4v) is 3.80. The molecule has 0 aliphatic heterocycles. The van der Waals surface area contributed by atoms with E-state index in [9.17, 15) is 8.42 Å². The predicted octanol–water partition coefficient (Wildman–Crippen LogP) is 0.423. The molecule has 1 aromatic heterocycles. The highest BCUT2D eigenvalue weighted by atomic mass is 32.2. The fourth-order valence-electron chi connectivity index (χ4n) is 2.16. The summed E-state index contributed by atoms with van der Waals surface area (Å²) in [5, 5.41) is 7.33. The van der Waals surface area contributed by atoms with Crippen LogP contribution in [0.15, 0.2) is 4.90 Å². The number of likely N-dealkylation sites (N-methyl/N-ethyl adjacent to an activating group) is 1. The van der Waals surface area contributed by atoms with E-state index in [1.54, 1.807) is 25.5 Å². The molecule has 1 atom stereocenters. The molecule has 1 aromatic rings. The molecule has 2 N–H and O–H groups in total. The van der Waals surface area contributed by atoms with Gasteiger partial charge in [0.2, 0.25) is 10.0 Å². The molecule has 0 aliphatic carbocycles. The Labute approximate surface area is 127 Å². The summed E-state index contributed by atoms with van der Waals surface area (Å²) in [5.74, 6) is 0. The van der Waals surface area contributed by atoms with Gasteiger partial charge in [0, 0.05) is 19.2 Å². The van der Waals surface area contributed by atoms with Crippen LogP contribution in [0.3, 0.4) is 0 Å². The van der Waals surface area contributed by atoms with E-state index in [4.69, 9.17) is 4.74 Å². The van der Waals surface area contributed by atoms with Crippen molar-refractivity contribution in [3.05, 3.63) is 11.4 Å². The average Bonchev–Trinajstić information content (AvgIpc) is 2.68. The molecule has 0 saturated carbocycles. The molecule has 1 unspecified atom stereocenters. The van der Waals surface area contributed by atoms with Crippen LogP contribution in [0, 0.1) is 13.8 Å². The van der Waals surface area contributed by atoms with Crippen LogP contribution < -0.4 is 10.0 Å². The number of sulfonamides is 1. The Hall–Kier alpha value is -0.960. The van der Waals surface area contributed by atoms with Crippen molar-refractivity contribution in [3.63, 3.8) is 0 Å². The number of nitrogens with zero attached hydrogens (tertiary/aromatic N) is 2. The summed E-state index contributed by atoms with van der Waals surface area (Å²) >= 11 is 0. The molecule has 0 aromatic carbocycles. The van der Waals surface area contributed by atoms with Gasteiger partial charge in [0.15, 0.2) is 0 Å². The van der Waals surface area contributed by atoms with E-state index < -0.39 is 10.0 Å². The lowest BCUT2D eigenvalue weighted by Gasteiger charge is -2.14. The highest BCUT2D eigenvalue weighted by molar-refractivity contribution is 7.89. The van der Waals surface area contributed by atoms with Gasteiger partial charge in [-0.25, -0.2) is 13.1 Å². The van der Waals surface area contributed by atoms with Gasteiger partial charge in [-0.15, -0.1) is 0 Å². The SMILES string of the molecule is CCOCC(C)NS(=O)(=O)c1c(C)nn(CCNC)c1C. The van der Waals surface area contributed by atoms with E-state index in [1.807, 2.05) is 14.0 Å². The largest absolute Gasteiger partial charge is 0.380 e. The van der Waals surface area contributed by atoms with E-state index in [0.29, 0.717) is 31.1 Å². The van der Waals surface area contributed by atoms with Gasteiger partial charge in [-0.2, -0.15) is 5.10 Å². The molecule has 7 nitrogen and oxygen atoms in total. The maximum atomic E-state index is 12.5. The van der Waals surface area contributed by atoms with Crippen LogP contribution in [0.5, 0.6) is 0 Å². The fraction of sp³-hybridized carbons (Fsp3) is 0.769. The highest BCUT2D eigenvalue weighted by Crippen LogP contribution is 2.19. The number of ether oxygens (including phenoxy) is 1. The summed E-state index contributed by atoms with van der Waals surface area (Å²) < 4.78 is 34.6. The second-order valence-corrected chi connectivity index (χ2v) is 6.66.